The van der Waals surface area contributed by atoms with E-state index in [1.165, 1.54) is 26.2 Å². The smallest absolute Gasteiger partial charge is 0.227 e. The highest BCUT2D eigenvalue weighted by molar-refractivity contribution is 6.05. The van der Waals surface area contributed by atoms with E-state index in [0.717, 1.165) is 18.4 Å². The predicted octanol–water partition coefficient (Wildman–Crippen LogP) is 4.97. The summed E-state index contributed by atoms with van der Waals surface area (Å²) in [5, 5.41) is 13.6. The first-order valence-electron chi connectivity index (χ1n) is 10.4. The fourth-order valence-electron chi connectivity index (χ4n) is 3.58. The quantitative estimate of drug-likeness (QED) is 0.434. The standard InChI is InChI=1S/C24H28FNO5/c1-13(16-7-9-18(25)10-8-16)11-12-31-23-21(28)20(26-24(29)17-5-6-17)14(2)19(15(3)27)22(23)30-4/h7-10,13,17,28H,5-6,11-12H2,1-4H3,(H,26,29). The van der Waals surface area contributed by atoms with Crippen LogP contribution in [0.25, 0.3) is 0 Å². The van der Waals surface area contributed by atoms with E-state index in [0.29, 0.717) is 12.0 Å². The number of Topliss-reactive ketones (excluding diaryl/α,β-unsaturated/α-hetero) is 1. The normalized spacial score (nSPS) is 14.1. The maximum atomic E-state index is 13.1. The number of anilines is 1. The lowest BCUT2D eigenvalue weighted by molar-refractivity contribution is -0.117. The van der Waals surface area contributed by atoms with Gasteiger partial charge in [0.05, 0.1) is 25.0 Å². The average Bonchev–Trinajstić information content (AvgIpc) is 3.57. The maximum absolute atomic E-state index is 13.1. The van der Waals surface area contributed by atoms with E-state index in [1.807, 2.05) is 6.92 Å². The number of ether oxygens (including phenoxy) is 2. The average molecular weight is 429 g/mol. The Morgan fingerprint density at radius 1 is 1.23 bits per heavy atom. The van der Waals surface area contributed by atoms with Gasteiger partial charge in [-0.25, -0.2) is 4.39 Å². The van der Waals surface area contributed by atoms with Crippen molar-refractivity contribution in [3.05, 3.63) is 46.8 Å². The van der Waals surface area contributed by atoms with Crippen LogP contribution in [-0.2, 0) is 4.79 Å². The second-order valence-corrected chi connectivity index (χ2v) is 8.00. The number of benzene rings is 2. The van der Waals surface area contributed by atoms with Gasteiger partial charge < -0.3 is 19.9 Å². The Kier molecular flexibility index (Phi) is 6.83. The monoisotopic (exact) mass is 429 g/mol. The number of amides is 1. The topological polar surface area (TPSA) is 84.9 Å². The summed E-state index contributed by atoms with van der Waals surface area (Å²) in [4.78, 5) is 24.6. The molecule has 7 heteroatoms. The summed E-state index contributed by atoms with van der Waals surface area (Å²) in [5.41, 5.74) is 1.83. The molecular weight excluding hydrogens is 401 g/mol. The molecule has 2 N–H and O–H groups in total. The van der Waals surface area contributed by atoms with Crippen LogP contribution in [0, 0.1) is 18.7 Å². The summed E-state index contributed by atoms with van der Waals surface area (Å²) in [5.74, 6) is -0.822. The second-order valence-electron chi connectivity index (χ2n) is 8.00. The lowest BCUT2D eigenvalue weighted by Crippen LogP contribution is -2.16. The molecular formula is C24H28FNO5. The Bertz CT molecular complexity index is 983. The van der Waals surface area contributed by atoms with Crippen molar-refractivity contribution >= 4 is 17.4 Å². The van der Waals surface area contributed by atoms with Crippen LogP contribution < -0.4 is 14.8 Å². The number of phenols is 1. The molecule has 2 aromatic rings. The molecule has 1 unspecified atom stereocenters. The molecule has 1 amide bonds. The highest BCUT2D eigenvalue weighted by atomic mass is 19.1. The van der Waals surface area contributed by atoms with Crippen molar-refractivity contribution in [1.29, 1.82) is 0 Å². The number of aromatic hydroxyl groups is 1. The first-order valence-corrected chi connectivity index (χ1v) is 10.4. The van der Waals surface area contributed by atoms with Crippen LogP contribution in [-0.4, -0.2) is 30.5 Å². The summed E-state index contributed by atoms with van der Waals surface area (Å²) in [7, 11) is 1.40. The number of methoxy groups -OCH3 is 1. The molecule has 1 fully saturated rings. The van der Waals surface area contributed by atoms with Gasteiger partial charge in [-0.3, -0.25) is 9.59 Å². The van der Waals surface area contributed by atoms with Crippen molar-refractivity contribution in [3.8, 4) is 17.2 Å². The lowest BCUT2D eigenvalue weighted by Gasteiger charge is -2.21. The van der Waals surface area contributed by atoms with Gasteiger partial charge in [0.15, 0.2) is 17.3 Å². The number of carbonyl (C=O) groups excluding carboxylic acids is 2. The van der Waals surface area contributed by atoms with Gasteiger partial charge in [0.1, 0.15) is 5.82 Å². The third kappa shape index (κ3) is 4.98. The van der Waals surface area contributed by atoms with E-state index in [2.05, 4.69) is 5.32 Å². The SMILES string of the molecule is COc1c(OCCC(C)c2ccc(F)cc2)c(O)c(NC(=O)C2CC2)c(C)c1C(C)=O. The van der Waals surface area contributed by atoms with Gasteiger partial charge in [-0.05, 0) is 62.3 Å². The lowest BCUT2D eigenvalue weighted by atomic mass is 9.98. The van der Waals surface area contributed by atoms with Crippen molar-refractivity contribution in [2.45, 2.75) is 46.0 Å². The maximum Gasteiger partial charge on any atom is 0.227 e. The van der Waals surface area contributed by atoms with Gasteiger partial charge in [-0.1, -0.05) is 19.1 Å². The Morgan fingerprint density at radius 2 is 1.87 bits per heavy atom. The van der Waals surface area contributed by atoms with Crippen molar-refractivity contribution in [2.75, 3.05) is 19.0 Å². The molecule has 31 heavy (non-hydrogen) atoms. The van der Waals surface area contributed by atoms with Crippen molar-refractivity contribution in [2.24, 2.45) is 5.92 Å². The minimum absolute atomic E-state index is 0.0238. The zero-order valence-electron chi connectivity index (χ0n) is 18.3. The summed E-state index contributed by atoms with van der Waals surface area (Å²) < 4.78 is 24.4. The van der Waals surface area contributed by atoms with Crippen LogP contribution in [0.1, 0.15) is 60.5 Å². The summed E-state index contributed by atoms with van der Waals surface area (Å²) in [6.07, 6.45) is 2.21. The molecule has 3 rings (SSSR count). The van der Waals surface area contributed by atoms with E-state index in [9.17, 15) is 19.1 Å². The molecule has 1 saturated carbocycles. The highest BCUT2D eigenvalue weighted by Gasteiger charge is 2.33. The molecule has 0 bridgehead atoms. The third-order valence-electron chi connectivity index (χ3n) is 5.62. The van der Waals surface area contributed by atoms with E-state index in [1.54, 1.807) is 19.1 Å². The Morgan fingerprint density at radius 3 is 2.42 bits per heavy atom. The number of hydrogen-bond donors (Lipinski definition) is 2. The van der Waals surface area contributed by atoms with Crippen LogP contribution in [0.4, 0.5) is 10.1 Å². The van der Waals surface area contributed by atoms with Gasteiger partial charge >= 0.3 is 0 Å². The van der Waals surface area contributed by atoms with Gasteiger partial charge in [-0.15, -0.1) is 0 Å². The molecule has 166 valence electrons. The fraction of sp³-hybridized carbons (Fsp3) is 0.417. The third-order valence-corrected chi connectivity index (χ3v) is 5.62. The number of rotatable bonds is 9. The van der Waals surface area contributed by atoms with Crippen molar-refractivity contribution in [3.63, 3.8) is 0 Å². The predicted molar refractivity (Wildman–Crippen MR) is 116 cm³/mol. The van der Waals surface area contributed by atoms with Crippen molar-refractivity contribution in [1.82, 2.24) is 0 Å². The Balaban J connectivity index is 1.86. The summed E-state index contributed by atoms with van der Waals surface area (Å²) in [6, 6.07) is 6.28. The molecule has 0 spiro atoms. The van der Waals surface area contributed by atoms with Gasteiger partial charge in [0.2, 0.25) is 11.7 Å². The second kappa shape index (κ2) is 9.37. The summed E-state index contributed by atoms with van der Waals surface area (Å²) >= 11 is 0. The zero-order chi connectivity index (χ0) is 22.7. The van der Waals surface area contributed by atoms with Crippen LogP contribution in [0.2, 0.25) is 0 Å². The minimum atomic E-state index is -0.293. The first kappa shape index (κ1) is 22.6. The Labute approximate surface area is 181 Å². The summed E-state index contributed by atoms with van der Waals surface area (Å²) in [6.45, 7) is 5.26. The fourth-order valence-corrected chi connectivity index (χ4v) is 3.58. The number of nitrogens with one attached hydrogen (secondary N) is 1. The minimum Gasteiger partial charge on any atom is -0.503 e. The van der Waals surface area contributed by atoms with Crippen LogP contribution >= 0.6 is 0 Å². The molecule has 1 aliphatic rings. The van der Waals surface area contributed by atoms with E-state index < -0.39 is 0 Å². The molecule has 0 heterocycles. The largest absolute Gasteiger partial charge is 0.503 e. The molecule has 2 aromatic carbocycles. The van der Waals surface area contributed by atoms with Crippen LogP contribution in [0.5, 0.6) is 17.2 Å². The molecule has 0 aliphatic heterocycles. The number of ketones is 1. The molecule has 0 saturated heterocycles. The molecule has 0 radical (unpaired) electrons. The number of carbonyl (C=O) groups is 2. The molecule has 1 atom stereocenters. The zero-order valence-corrected chi connectivity index (χ0v) is 18.3. The van der Waals surface area contributed by atoms with Gasteiger partial charge in [0, 0.05) is 5.92 Å². The molecule has 1 aliphatic carbocycles. The Hall–Kier alpha value is -3.09. The van der Waals surface area contributed by atoms with E-state index >= 15 is 0 Å². The van der Waals surface area contributed by atoms with Gasteiger partial charge in [0.25, 0.3) is 0 Å². The van der Waals surface area contributed by atoms with Crippen molar-refractivity contribution < 1.29 is 28.6 Å². The van der Waals surface area contributed by atoms with E-state index in [4.69, 9.17) is 9.47 Å². The van der Waals surface area contributed by atoms with Crippen LogP contribution in [0.3, 0.4) is 0 Å². The molecule has 6 nitrogen and oxygen atoms in total. The van der Waals surface area contributed by atoms with Gasteiger partial charge in [-0.2, -0.15) is 0 Å². The number of phenolic OH excluding ortho intramolecular Hbond substituents is 1. The highest BCUT2D eigenvalue weighted by Crippen LogP contribution is 2.48. The number of hydrogen-bond acceptors (Lipinski definition) is 5. The van der Waals surface area contributed by atoms with E-state index in [-0.39, 0.29) is 64.4 Å². The molecule has 0 aromatic heterocycles. The van der Waals surface area contributed by atoms with Crippen LogP contribution in [0.15, 0.2) is 24.3 Å². The number of halogens is 1. The first-order chi connectivity index (χ1) is 14.7.